The Balaban J connectivity index is 2.05. The van der Waals surface area contributed by atoms with Crippen molar-refractivity contribution >= 4 is 21.6 Å². The fourth-order valence-corrected chi connectivity index (χ4v) is 5.74. The molecule has 0 fully saturated rings. The maximum absolute atomic E-state index is 14.1. The van der Waals surface area contributed by atoms with Gasteiger partial charge in [0.05, 0.1) is 52.2 Å². The van der Waals surface area contributed by atoms with Crippen molar-refractivity contribution < 1.29 is 36.9 Å². The molecule has 3 aromatic carbocycles. The number of carbonyl (C=O) groups is 1. The lowest BCUT2D eigenvalue weighted by Gasteiger charge is -2.27. The second-order valence-electron chi connectivity index (χ2n) is 8.82. The smallest absolute Gasteiger partial charge is 0.265 e. The number of sulfonamides is 1. The van der Waals surface area contributed by atoms with Crippen molar-refractivity contribution in [2.75, 3.05) is 46.4 Å². The molecule has 3 aromatic rings. The topological polar surface area (TPSA) is 113 Å². The Bertz CT molecular complexity index is 1440. The number of nitrogens with zero attached hydrogens (tertiary/aromatic N) is 1. The maximum atomic E-state index is 14.1. The summed E-state index contributed by atoms with van der Waals surface area (Å²) in [4.78, 5) is 13.4. The highest BCUT2D eigenvalue weighted by Crippen LogP contribution is 2.37. The molecule has 11 heteroatoms. The van der Waals surface area contributed by atoms with Crippen LogP contribution in [0.2, 0.25) is 0 Å². The SMILES string of the molecule is CCC(NC(=O)CN(c1cc(OC)ccc1OC)S(=O)(=O)c1ccc(OC)c(OC)c1)c1ccc(OC)c(C)c1. The lowest BCUT2D eigenvalue weighted by atomic mass is 10.0. The summed E-state index contributed by atoms with van der Waals surface area (Å²) in [6, 6.07) is 14.3. The van der Waals surface area contributed by atoms with E-state index in [1.165, 1.54) is 52.7 Å². The van der Waals surface area contributed by atoms with Crippen molar-refractivity contribution in [3.63, 3.8) is 0 Å². The number of rotatable bonds is 13. The molecule has 1 unspecified atom stereocenters. The van der Waals surface area contributed by atoms with Crippen molar-refractivity contribution in [2.45, 2.75) is 31.2 Å². The zero-order chi connectivity index (χ0) is 29.4. The largest absolute Gasteiger partial charge is 0.497 e. The fraction of sp³-hybridized carbons (Fsp3) is 0.345. The fourth-order valence-electron chi connectivity index (χ4n) is 4.31. The van der Waals surface area contributed by atoms with Crippen molar-refractivity contribution in [1.29, 1.82) is 0 Å². The highest BCUT2D eigenvalue weighted by molar-refractivity contribution is 7.92. The standard InChI is InChI=1S/C29H36N2O8S/c1-8-23(20-9-12-25(36-4)19(2)15-20)30-29(32)18-31(24-16-21(35-3)10-13-26(24)37-5)40(33,34)22-11-14-27(38-6)28(17-22)39-7/h9-17,23H,8,18H2,1-7H3,(H,30,32). The Morgan fingerprint density at radius 1 is 0.800 bits per heavy atom. The quantitative estimate of drug-likeness (QED) is 0.319. The Labute approximate surface area is 235 Å². The Morgan fingerprint density at radius 2 is 1.43 bits per heavy atom. The number of carbonyl (C=O) groups excluding carboxylic acids is 1. The van der Waals surface area contributed by atoms with Crippen molar-refractivity contribution in [3.8, 4) is 28.7 Å². The monoisotopic (exact) mass is 572 g/mol. The molecular formula is C29H36N2O8S. The van der Waals surface area contributed by atoms with E-state index in [0.717, 1.165) is 21.2 Å². The molecule has 10 nitrogen and oxygen atoms in total. The van der Waals surface area contributed by atoms with Gasteiger partial charge in [-0.1, -0.05) is 19.1 Å². The predicted octanol–water partition coefficient (Wildman–Crippen LogP) is 4.50. The molecule has 0 radical (unpaired) electrons. The molecule has 0 bridgehead atoms. The molecule has 0 saturated heterocycles. The molecule has 0 spiro atoms. The highest BCUT2D eigenvalue weighted by atomic mass is 32.2. The third-order valence-corrected chi connectivity index (χ3v) is 8.21. The third kappa shape index (κ3) is 6.53. The van der Waals surface area contributed by atoms with E-state index < -0.39 is 22.5 Å². The van der Waals surface area contributed by atoms with Crippen LogP contribution in [-0.2, 0) is 14.8 Å². The molecule has 0 saturated carbocycles. The van der Waals surface area contributed by atoms with Crippen molar-refractivity contribution in [3.05, 3.63) is 65.7 Å². The van der Waals surface area contributed by atoms with Crippen LogP contribution in [-0.4, -0.2) is 56.4 Å². The first-order valence-corrected chi connectivity index (χ1v) is 14.0. The number of methoxy groups -OCH3 is 5. The summed E-state index contributed by atoms with van der Waals surface area (Å²) >= 11 is 0. The molecule has 216 valence electrons. The van der Waals surface area contributed by atoms with Gasteiger partial charge in [-0.3, -0.25) is 9.10 Å². The number of anilines is 1. The number of ether oxygens (including phenoxy) is 5. The normalized spacial score (nSPS) is 11.8. The van der Waals surface area contributed by atoms with E-state index in [2.05, 4.69) is 5.32 Å². The van der Waals surface area contributed by atoms with Crippen LogP contribution in [0.3, 0.4) is 0 Å². The Kier molecular flexibility index (Phi) is 10.1. The van der Waals surface area contributed by atoms with E-state index >= 15 is 0 Å². The van der Waals surface area contributed by atoms with E-state index in [1.54, 1.807) is 19.2 Å². The van der Waals surface area contributed by atoms with Crippen LogP contribution in [0.1, 0.15) is 30.5 Å². The van der Waals surface area contributed by atoms with E-state index in [4.69, 9.17) is 23.7 Å². The van der Waals surface area contributed by atoms with Gasteiger partial charge in [0.2, 0.25) is 5.91 Å². The number of aryl methyl sites for hydroxylation is 1. The number of hydrogen-bond donors (Lipinski definition) is 1. The van der Waals surface area contributed by atoms with E-state index in [0.29, 0.717) is 17.9 Å². The summed E-state index contributed by atoms with van der Waals surface area (Å²) in [6.07, 6.45) is 0.586. The molecule has 0 aliphatic rings. The summed E-state index contributed by atoms with van der Waals surface area (Å²) in [7, 11) is 3.05. The third-order valence-electron chi connectivity index (χ3n) is 6.45. The van der Waals surface area contributed by atoms with Gasteiger partial charge < -0.3 is 29.0 Å². The maximum Gasteiger partial charge on any atom is 0.265 e. The summed E-state index contributed by atoms with van der Waals surface area (Å²) in [5.41, 5.74) is 1.94. The van der Waals surface area contributed by atoms with Crippen LogP contribution < -0.4 is 33.3 Å². The molecule has 0 aliphatic heterocycles. The van der Waals surface area contributed by atoms with E-state index in [9.17, 15) is 13.2 Å². The average molecular weight is 573 g/mol. The van der Waals surface area contributed by atoms with Crippen molar-refractivity contribution in [2.24, 2.45) is 0 Å². The van der Waals surface area contributed by atoms with Crippen LogP contribution in [0, 0.1) is 6.92 Å². The summed E-state index contributed by atoms with van der Waals surface area (Å²) in [5.74, 6) is 1.47. The lowest BCUT2D eigenvalue weighted by molar-refractivity contribution is -0.120. The first-order valence-electron chi connectivity index (χ1n) is 12.5. The second-order valence-corrected chi connectivity index (χ2v) is 10.7. The minimum Gasteiger partial charge on any atom is -0.497 e. The first kappa shape index (κ1) is 30.4. The average Bonchev–Trinajstić information content (AvgIpc) is 2.97. The molecule has 1 N–H and O–H groups in total. The zero-order valence-corrected chi connectivity index (χ0v) is 24.6. The van der Waals surface area contributed by atoms with E-state index in [1.807, 2.05) is 32.0 Å². The number of hydrogen-bond acceptors (Lipinski definition) is 8. The molecule has 3 rings (SSSR count). The predicted molar refractivity (Wildman–Crippen MR) is 153 cm³/mol. The molecule has 40 heavy (non-hydrogen) atoms. The van der Waals surface area contributed by atoms with Crippen LogP contribution in [0.4, 0.5) is 5.69 Å². The molecule has 0 aromatic heterocycles. The van der Waals surface area contributed by atoms with Gasteiger partial charge in [-0.25, -0.2) is 8.42 Å². The van der Waals surface area contributed by atoms with Gasteiger partial charge in [0.1, 0.15) is 23.8 Å². The van der Waals surface area contributed by atoms with E-state index in [-0.39, 0.29) is 28.1 Å². The van der Waals surface area contributed by atoms with Crippen LogP contribution >= 0.6 is 0 Å². The van der Waals surface area contributed by atoms with Gasteiger partial charge in [0.15, 0.2) is 11.5 Å². The summed E-state index contributed by atoms with van der Waals surface area (Å²) < 4.78 is 55.9. The first-order chi connectivity index (χ1) is 19.1. The van der Waals surface area contributed by atoms with Gasteiger partial charge in [0, 0.05) is 12.1 Å². The molecule has 1 amide bonds. The van der Waals surface area contributed by atoms with Crippen LogP contribution in [0.15, 0.2) is 59.5 Å². The molecule has 0 aliphatic carbocycles. The van der Waals surface area contributed by atoms with Gasteiger partial charge in [0.25, 0.3) is 10.0 Å². The molecule has 0 heterocycles. The lowest BCUT2D eigenvalue weighted by Crippen LogP contribution is -2.42. The summed E-state index contributed by atoms with van der Waals surface area (Å²) in [5, 5.41) is 2.98. The van der Waals surface area contributed by atoms with Gasteiger partial charge >= 0.3 is 0 Å². The number of nitrogens with one attached hydrogen (secondary N) is 1. The van der Waals surface area contributed by atoms with Gasteiger partial charge in [-0.05, 0) is 54.8 Å². The molecule has 1 atom stereocenters. The minimum atomic E-state index is -4.30. The second kappa shape index (κ2) is 13.3. The Morgan fingerprint density at radius 3 is 2.00 bits per heavy atom. The summed E-state index contributed by atoms with van der Waals surface area (Å²) in [6.45, 7) is 3.34. The number of amides is 1. The Hall–Kier alpha value is -4.12. The van der Waals surface area contributed by atoms with Crippen LogP contribution in [0.25, 0.3) is 0 Å². The van der Waals surface area contributed by atoms with Crippen LogP contribution in [0.5, 0.6) is 28.7 Å². The van der Waals surface area contributed by atoms with Gasteiger partial charge in [-0.2, -0.15) is 0 Å². The highest BCUT2D eigenvalue weighted by Gasteiger charge is 2.31. The minimum absolute atomic E-state index is 0.0966. The van der Waals surface area contributed by atoms with Crippen molar-refractivity contribution in [1.82, 2.24) is 5.32 Å². The zero-order valence-electron chi connectivity index (χ0n) is 23.8. The van der Waals surface area contributed by atoms with Gasteiger partial charge in [-0.15, -0.1) is 0 Å². The molecular weight excluding hydrogens is 536 g/mol. The number of benzene rings is 3.